The Hall–Kier alpha value is -0.710. The van der Waals surface area contributed by atoms with Crippen LogP contribution >= 0.6 is 0 Å². The highest BCUT2D eigenvalue weighted by molar-refractivity contribution is 5.85. The van der Waals surface area contributed by atoms with Gasteiger partial charge in [-0.2, -0.15) is 0 Å². The standard InChI is InChI=1S/C16H22O4/c1-15(12(20-15)6-5-10-3-4-10)14-13(18-2)11(17)7-8-16(14)9-19-16/h5,12-14H,3-4,6-9H2,1-2H3/t12-,13-,14-,15?,16+/m1/s1/i7D2. The lowest BCUT2D eigenvalue weighted by Crippen LogP contribution is -2.52. The van der Waals surface area contributed by atoms with Crippen LogP contribution in [-0.2, 0) is 19.0 Å². The molecule has 4 rings (SSSR count). The number of allylic oxidation sites excluding steroid dienone is 1. The van der Waals surface area contributed by atoms with E-state index in [1.807, 2.05) is 6.92 Å². The molecule has 2 aliphatic heterocycles. The highest BCUT2D eigenvalue weighted by Crippen LogP contribution is 2.58. The summed E-state index contributed by atoms with van der Waals surface area (Å²) in [5.74, 6) is -0.707. The van der Waals surface area contributed by atoms with Crippen molar-refractivity contribution in [2.24, 2.45) is 5.92 Å². The molecule has 0 amide bonds. The largest absolute Gasteiger partial charge is 0.373 e. The van der Waals surface area contributed by atoms with E-state index in [1.165, 1.54) is 25.5 Å². The van der Waals surface area contributed by atoms with Gasteiger partial charge in [-0.3, -0.25) is 4.79 Å². The summed E-state index contributed by atoms with van der Waals surface area (Å²) >= 11 is 0. The number of hydrogen-bond acceptors (Lipinski definition) is 4. The van der Waals surface area contributed by atoms with Crippen LogP contribution in [0.1, 0.15) is 41.7 Å². The van der Waals surface area contributed by atoms with Gasteiger partial charge in [0.05, 0.1) is 18.6 Å². The van der Waals surface area contributed by atoms with Crippen molar-refractivity contribution in [1.82, 2.24) is 0 Å². The molecule has 2 saturated heterocycles. The third kappa shape index (κ3) is 1.89. The van der Waals surface area contributed by atoms with Crippen molar-refractivity contribution in [3.05, 3.63) is 11.6 Å². The third-order valence-electron chi connectivity index (χ3n) is 5.21. The van der Waals surface area contributed by atoms with Gasteiger partial charge >= 0.3 is 0 Å². The van der Waals surface area contributed by atoms with E-state index < -0.39 is 29.5 Å². The van der Waals surface area contributed by atoms with Crippen LogP contribution in [0.4, 0.5) is 0 Å². The van der Waals surface area contributed by atoms with E-state index in [0.717, 1.165) is 6.42 Å². The van der Waals surface area contributed by atoms with Crippen molar-refractivity contribution in [2.75, 3.05) is 13.7 Å². The smallest absolute Gasteiger partial charge is 0.162 e. The highest BCUT2D eigenvalue weighted by Gasteiger charge is 2.71. The molecule has 1 unspecified atom stereocenters. The van der Waals surface area contributed by atoms with Crippen molar-refractivity contribution < 1.29 is 21.7 Å². The minimum Gasteiger partial charge on any atom is -0.373 e. The zero-order chi connectivity index (χ0) is 15.8. The number of epoxide rings is 2. The van der Waals surface area contributed by atoms with Crippen LogP contribution in [0.15, 0.2) is 11.6 Å². The number of rotatable bonds is 4. The van der Waals surface area contributed by atoms with Crippen LogP contribution in [0.5, 0.6) is 0 Å². The second-order valence-electron chi connectivity index (χ2n) is 6.59. The molecule has 4 fully saturated rings. The van der Waals surface area contributed by atoms with Gasteiger partial charge in [0.2, 0.25) is 0 Å². The second kappa shape index (κ2) is 4.15. The Morgan fingerprint density at radius 1 is 1.55 bits per heavy atom. The predicted molar refractivity (Wildman–Crippen MR) is 72.4 cm³/mol. The average Bonchev–Trinajstić information content (AvgIpc) is 3.30. The molecule has 2 saturated carbocycles. The first-order chi connectivity index (χ1) is 10.3. The molecular weight excluding hydrogens is 256 g/mol. The fourth-order valence-corrected chi connectivity index (χ4v) is 3.69. The molecule has 0 bridgehead atoms. The van der Waals surface area contributed by atoms with Crippen LogP contribution in [0, 0.1) is 5.92 Å². The third-order valence-corrected chi connectivity index (χ3v) is 5.21. The van der Waals surface area contributed by atoms with Gasteiger partial charge in [-0.1, -0.05) is 11.6 Å². The zero-order valence-corrected chi connectivity index (χ0v) is 12.0. The number of carbonyl (C=O) groups excluding carboxylic acids is 1. The first-order valence-corrected chi connectivity index (χ1v) is 7.39. The van der Waals surface area contributed by atoms with Crippen LogP contribution in [0.3, 0.4) is 0 Å². The lowest BCUT2D eigenvalue weighted by Gasteiger charge is -2.37. The van der Waals surface area contributed by atoms with E-state index in [0.29, 0.717) is 6.61 Å². The molecule has 4 nitrogen and oxygen atoms in total. The predicted octanol–water partition coefficient (Wildman–Crippen LogP) is 2.02. The lowest BCUT2D eigenvalue weighted by molar-refractivity contribution is -0.142. The van der Waals surface area contributed by atoms with Gasteiger partial charge in [0.25, 0.3) is 0 Å². The molecule has 1 spiro atoms. The van der Waals surface area contributed by atoms with E-state index in [9.17, 15) is 4.79 Å². The Kier molecular flexibility index (Phi) is 2.27. The second-order valence-corrected chi connectivity index (χ2v) is 6.59. The van der Waals surface area contributed by atoms with Crippen LogP contribution < -0.4 is 0 Å². The van der Waals surface area contributed by atoms with Crippen LogP contribution in [-0.4, -0.2) is 42.9 Å². The summed E-state index contributed by atoms with van der Waals surface area (Å²) in [6.07, 6.45) is 2.98. The molecule has 0 radical (unpaired) electrons. The molecular formula is C16H22O4. The summed E-state index contributed by atoms with van der Waals surface area (Å²) in [7, 11) is 1.47. The molecule has 20 heavy (non-hydrogen) atoms. The molecule has 0 aromatic heterocycles. The number of ether oxygens (including phenoxy) is 3. The SMILES string of the molecule is [2H]C1([2H])C[C@]2(CO2)[C@@H](C2(C)O[C@@H]2CC=C2CC2)[C@H](OC)C1=O. The summed E-state index contributed by atoms with van der Waals surface area (Å²) in [6.45, 7) is 2.49. The van der Waals surface area contributed by atoms with E-state index >= 15 is 0 Å². The van der Waals surface area contributed by atoms with Gasteiger partial charge in [-0.25, -0.2) is 0 Å². The van der Waals surface area contributed by atoms with E-state index in [4.69, 9.17) is 17.0 Å². The van der Waals surface area contributed by atoms with E-state index in [2.05, 4.69) is 6.08 Å². The number of methoxy groups -OCH3 is 1. The Labute approximate surface area is 122 Å². The Morgan fingerprint density at radius 2 is 2.30 bits per heavy atom. The molecule has 2 aliphatic carbocycles. The normalized spacial score (nSPS) is 53.4. The maximum atomic E-state index is 12.4. The first-order valence-electron chi connectivity index (χ1n) is 8.39. The quantitative estimate of drug-likeness (QED) is 0.584. The molecule has 0 N–H and O–H groups in total. The molecule has 0 aromatic rings. The van der Waals surface area contributed by atoms with E-state index in [1.54, 1.807) is 0 Å². The van der Waals surface area contributed by atoms with Gasteiger partial charge in [0.15, 0.2) is 5.78 Å². The topological polar surface area (TPSA) is 51.4 Å². The van der Waals surface area contributed by atoms with Crippen molar-refractivity contribution in [2.45, 2.75) is 62.4 Å². The summed E-state index contributed by atoms with van der Waals surface area (Å²) in [5, 5.41) is 0. The van der Waals surface area contributed by atoms with Gasteiger partial charge in [0.1, 0.15) is 17.3 Å². The summed E-state index contributed by atoms with van der Waals surface area (Å²) in [4.78, 5) is 12.4. The average molecular weight is 280 g/mol. The fourth-order valence-electron chi connectivity index (χ4n) is 3.69. The van der Waals surface area contributed by atoms with Crippen molar-refractivity contribution >= 4 is 5.78 Å². The maximum Gasteiger partial charge on any atom is 0.162 e. The van der Waals surface area contributed by atoms with Gasteiger partial charge in [-0.05, 0) is 32.6 Å². The van der Waals surface area contributed by atoms with Gasteiger partial charge in [0, 0.05) is 16.2 Å². The molecule has 110 valence electrons. The number of carbonyl (C=O) groups is 1. The molecule has 4 heteroatoms. The molecule has 4 aliphatic rings. The highest BCUT2D eigenvalue weighted by atomic mass is 16.6. The zero-order valence-electron chi connectivity index (χ0n) is 14.0. The monoisotopic (exact) mass is 280 g/mol. The molecule has 5 atom stereocenters. The minimum absolute atomic E-state index is 0.0705. The number of hydrogen-bond donors (Lipinski definition) is 0. The van der Waals surface area contributed by atoms with Crippen molar-refractivity contribution in [3.63, 3.8) is 0 Å². The Morgan fingerprint density at radius 3 is 2.90 bits per heavy atom. The molecule has 2 heterocycles. The summed E-state index contributed by atoms with van der Waals surface area (Å²) < 4.78 is 33.0. The maximum absolute atomic E-state index is 12.4. The van der Waals surface area contributed by atoms with Crippen molar-refractivity contribution in [1.29, 1.82) is 0 Å². The summed E-state index contributed by atoms with van der Waals surface area (Å²) in [6, 6.07) is 0. The van der Waals surface area contributed by atoms with E-state index in [-0.39, 0.29) is 18.4 Å². The first kappa shape index (κ1) is 10.9. The van der Waals surface area contributed by atoms with Gasteiger partial charge in [-0.15, -0.1) is 0 Å². The number of ketones is 1. The molecule has 0 aromatic carbocycles. The summed E-state index contributed by atoms with van der Waals surface area (Å²) in [5.41, 5.74) is 0.415. The van der Waals surface area contributed by atoms with Crippen LogP contribution in [0.2, 0.25) is 0 Å². The van der Waals surface area contributed by atoms with Crippen molar-refractivity contribution in [3.8, 4) is 0 Å². The fraction of sp³-hybridized carbons (Fsp3) is 0.812. The Bertz CT molecular complexity index is 548. The van der Waals surface area contributed by atoms with Gasteiger partial charge < -0.3 is 14.2 Å². The minimum atomic E-state index is -1.88. The van der Waals surface area contributed by atoms with Crippen LogP contribution in [0.25, 0.3) is 0 Å². The lowest BCUT2D eigenvalue weighted by atomic mass is 9.69. The Balaban J connectivity index is 1.59. The number of Topliss-reactive ketones (excluding diaryl/α,β-unsaturated/α-hetero) is 1.